The van der Waals surface area contributed by atoms with E-state index in [1.807, 2.05) is 56.4 Å². The SMILES string of the molecule is Cc1cc(Nc2cc(Nc3ccccc3[S+](O)C(C)C)c3cc[nH]c3n2)c(OC(C)C)cc1C1CCN(C)CC1. The molecule has 1 aliphatic heterocycles. The van der Waals surface area contributed by atoms with Crippen molar-refractivity contribution in [1.82, 2.24) is 14.9 Å². The zero-order valence-corrected chi connectivity index (χ0v) is 25.2. The number of nitrogens with one attached hydrogen (secondary N) is 3. The molecule has 0 bridgehead atoms. The lowest BCUT2D eigenvalue weighted by Crippen LogP contribution is -2.29. The normalized spacial score (nSPS) is 15.6. The summed E-state index contributed by atoms with van der Waals surface area (Å²) in [6.45, 7) is 12.6. The van der Waals surface area contributed by atoms with Gasteiger partial charge in [-0.15, -0.1) is 0 Å². The first kappa shape index (κ1) is 28.3. The van der Waals surface area contributed by atoms with Gasteiger partial charge in [0.25, 0.3) is 0 Å². The van der Waals surface area contributed by atoms with Crippen LogP contribution in [-0.2, 0) is 11.2 Å². The summed E-state index contributed by atoms with van der Waals surface area (Å²) < 4.78 is 17.2. The molecule has 3 heterocycles. The predicted octanol–water partition coefficient (Wildman–Crippen LogP) is 7.81. The van der Waals surface area contributed by atoms with Crippen molar-refractivity contribution in [3.63, 3.8) is 0 Å². The van der Waals surface area contributed by atoms with Crippen LogP contribution in [0.4, 0.5) is 22.9 Å². The van der Waals surface area contributed by atoms with Crippen molar-refractivity contribution in [2.75, 3.05) is 30.8 Å². The van der Waals surface area contributed by atoms with Crippen molar-refractivity contribution in [2.45, 2.75) is 69.6 Å². The van der Waals surface area contributed by atoms with Crippen LogP contribution in [-0.4, -0.2) is 50.9 Å². The first-order chi connectivity index (χ1) is 19.2. The molecular formula is C32H42N5O2S+. The van der Waals surface area contributed by atoms with Crippen LogP contribution in [0.1, 0.15) is 57.6 Å². The average molecular weight is 561 g/mol. The molecule has 1 fully saturated rings. The van der Waals surface area contributed by atoms with Crippen LogP contribution in [0, 0.1) is 6.92 Å². The van der Waals surface area contributed by atoms with E-state index in [0.29, 0.717) is 11.7 Å². The number of benzene rings is 2. The summed E-state index contributed by atoms with van der Waals surface area (Å²) in [6.07, 6.45) is 4.28. The van der Waals surface area contributed by atoms with Gasteiger partial charge < -0.3 is 25.3 Å². The molecule has 0 amide bonds. The number of ether oxygens (including phenoxy) is 1. The molecule has 0 saturated carbocycles. The number of fused-ring (bicyclic) bond motifs is 1. The van der Waals surface area contributed by atoms with Crippen molar-refractivity contribution in [3.05, 3.63) is 65.9 Å². The summed E-state index contributed by atoms with van der Waals surface area (Å²) in [5.41, 5.74) is 6.14. The Hall–Kier alpha value is -3.20. The van der Waals surface area contributed by atoms with Gasteiger partial charge in [-0.25, -0.2) is 4.98 Å². The fraction of sp³-hybridized carbons (Fsp3) is 0.406. The molecule has 212 valence electrons. The first-order valence-corrected chi connectivity index (χ1v) is 15.5. The minimum Gasteiger partial charge on any atom is -0.489 e. The molecule has 2 aromatic heterocycles. The number of aromatic amines is 1. The summed E-state index contributed by atoms with van der Waals surface area (Å²) in [7, 11) is 2.20. The fourth-order valence-corrected chi connectivity index (χ4v) is 6.48. The molecule has 7 nitrogen and oxygen atoms in total. The molecule has 1 unspecified atom stereocenters. The van der Waals surface area contributed by atoms with Crippen molar-refractivity contribution < 1.29 is 9.29 Å². The van der Waals surface area contributed by atoms with Gasteiger partial charge in [0.05, 0.1) is 23.2 Å². The lowest BCUT2D eigenvalue weighted by molar-refractivity contribution is 0.241. The molecular weight excluding hydrogens is 518 g/mol. The lowest BCUT2D eigenvalue weighted by Gasteiger charge is -2.31. The van der Waals surface area contributed by atoms with Gasteiger partial charge in [-0.2, -0.15) is 4.55 Å². The summed E-state index contributed by atoms with van der Waals surface area (Å²) in [4.78, 5) is 11.5. The van der Waals surface area contributed by atoms with E-state index >= 15 is 0 Å². The van der Waals surface area contributed by atoms with Crippen LogP contribution in [0.2, 0.25) is 0 Å². The van der Waals surface area contributed by atoms with Crippen LogP contribution in [0.25, 0.3) is 11.0 Å². The molecule has 5 rings (SSSR count). The Morgan fingerprint density at radius 1 is 1.00 bits per heavy atom. The number of piperidine rings is 1. The molecule has 8 heteroatoms. The van der Waals surface area contributed by atoms with E-state index in [1.54, 1.807) is 0 Å². The maximum absolute atomic E-state index is 10.9. The number of pyridine rings is 1. The molecule has 0 spiro atoms. The highest BCUT2D eigenvalue weighted by Gasteiger charge is 2.28. The number of aryl methyl sites for hydroxylation is 1. The topological polar surface area (TPSA) is 85.4 Å². The van der Waals surface area contributed by atoms with Crippen molar-refractivity contribution in [3.8, 4) is 5.75 Å². The molecule has 1 saturated heterocycles. The Morgan fingerprint density at radius 2 is 1.75 bits per heavy atom. The number of rotatable bonds is 9. The van der Waals surface area contributed by atoms with E-state index in [0.717, 1.165) is 51.8 Å². The zero-order chi connectivity index (χ0) is 28.4. The molecule has 4 aromatic rings. The Morgan fingerprint density at radius 3 is 2.48 bits per heavy atom. The number of nitrogens with zero attached hydrogens (tertiary/aromatic N) is 2. The zero-order valence-electron chi connectivity index (χ0n) is 24.4. The predicted molar refractivity (Wildman–Crippen MR) is 169 cm³/mol. The second-order valence-electron chi connectivity index (χ2n) is 11.4. The number of H-pyrrole nitrogens is 1. The number of anilines is 4. The van der Waals surface area contributed by atoms with Gasteiger partial charge in [-0.05, 0) is 115 Å². The van der Waals surface area contributed by atoms with Gasteiger partial charge in [0.15, 0.2) is 16.4 Å². The van der Waals surface area contributed by atoms with E-state index in [9.17, 15) is 4.55 Å². The Balaban J connectivity index is 1.50. The van der Waals surface area contributed by atoms with E-state index in [4.69, 9.17) is 9.72 Å². The Bertz CT molecular complexity index is 1460. The minimum absolute atomic E-state index is 0.0504. The maximum atomic E-state index is 10.9. The van der Waals surface area contributed by atoms with Crippen LogP contribution < -0.4 is 15.4 Å². The van der Waals surface area contributed by atoms with Crippen LogP contribution in [0.3, 0.4) is 0 Å². The van der Waals surface area contributed by atoms with Crippen LogP contribution in [0.15, 0.2) is 59.6 Å². The van der Waals surface area contributed by atoms with Crippen LogP contribution >= 0.6 is 0 Å². The summed E-state index contributed by atoms with van der Waals surface area (Å²) in [6, 6.07) is 16.5. The number of hydrogen-bond donors (Lipinski definition) is 4. The summed E-state index contributed by atoms with van der Waals surface area (Å²) in [5, 5.41) is 8.27. The number of para-hydroxylation sites is 1. The quantitative estimate of drug-likeness (QED) is 0.156. The minimum atomic E-state index is -0.870. The summed E-state index contributed by atoms with van der Waals surface area (Å²) in [5.74, 6) is 2.11. The monoisotopic (exact) mass is 560 g/mol. The first-order valence-electron chi connectivity index (χ1n) is 14.2. The third kappa shape index (κ3) is 6.24. The van der Waals surface area contributed by atoms with Gasteiger partial charge in [-0.3, -0.25) is 0 Å². The largest absolute Gasteiger partial charge is 0.489 e. The van der Waals surface area contributed by atoms with Crippen LogP contribution in [0.5, 0.6) is 5.75 Å². The fourth-order valence-electron chi connectivity index (χ4n) is 5.41. The van der Waals surface area contributed by atoms with Gasteiger partial charge in [-0.1, -0.05) is 12.1 Å². The lowest BCUT2D eigenvalue weighted by atomic mass is 9.86. The maximum Gasteiger partial charge on any atom is 0.213 e. The van der Waals surface area contributed by atoms with E-state index in [2.05, 4.69) is 60.5 Å². The third-order valence-electron chi connectivity index (χ3n) is 7.51. The smallest absolute Gasteiger partial charge is 0.213 e. The second-order valence-corrected chi connectivity index (χ2v) is 13.4. The number of aromatic nitrogens is 2. The Labute approximate surface area is 240 Å². The molecule has 4 N–H and O–H groups in total. The van der Waals surface area contributed by atoms with Gasteiger partial charge in [0, 0.05) is 17.6 Å². The molecule has 0 radical (unpaired) electrons. The van der Waals surface area contributed by atoms with Gasteiger partial charge >= 0.3 is 0 Å². The second kappa shape index (κ2) is 12.1. The number of hydrogen-bond acceptors (Lipinski definition) is 6. The third-order valence-corrected chi connectivity index (χ3v) is 9.21. The highest BCUT2D eigenvalue weighted by Crippen LogP contribution is 2.39. The van der Waals surface area contributed by atoms with E-state index in [-0.39, 0.29) is 11.4 Å². The average Bonchev–Trinajstić information content (AvgIpc) is 3.39. The highest BCUT2D eigenvalue weighted by molar-refractivity contribution is 7.92. The van der Waals surface area contributed by atoms with Gasteiger partial charge in [0.2, 0.25) is 4.90 Å². The molecule has 40 heavy (non-hydrogen) atoms. The standard InChI is InChI=1S/C32H42N5O2S/c1-20(2)39-29-18-25(23-12-15-37(6)16-13-23)22(5)17-28(29)35-31-19-27(24-11-14-33-32(24)36-31)34-26-9-7-8-10-30(26)40(38)21(3)4/h7-11,14,17-21,23,38H,12-13,15-16H2,1-6H3,(H3,33,34,35,36)/q+1. The number of likely N-dealkylation sites (tertiary alicyclic amines) is 1. The van der Waals surface area contributed by atoms with E-state index < -0.39 is 11.2 Å². The highest BCUT2D eigenvalue weighted by atomic mass is 32.2. The molecule has 1 atom stereocenters. The van der Waals surface area contributed by atoms with E-state index in [1.165, 1.54) is 24.0 Å². The van der Waals surface area contributed by atoms with Crippen molar-refractivity contribution in [2.24, 2.45) is 0 Å². The molecule has 0 aliphatic carbocycles. The molecule has 2 aromatic carbocycles. The van der Waals surface area contributed by atoms with Crippen molar-refractivity contribution >= 4 is 45.1 Å². The Kier molecular flexibility index (Phi) is 8.59. The van der Waals surface area contributed by atoms with Crippen molar-refractivity contribution in [1.29, 1.82) is 0 Å². The molecule has 1 aliphatic rings. The van der Waals surface area contributed by atoms with Gasteiger partial charge in [0.1, 0.15) is 17.2 Å². The summed E-state index contributed by atoms with van der Waals surface area (Å²) >= 11 is -0.870.